The first-order valence-corrected chi connectivity index (χ1v) is 5.96. The number of carbonyl (C=O) groups is 1. The molecule has 3 heteroatoms. The zero-order chi connectivity index (χ0) is 10.8. The molecule has 2 nitrogen and oxygen atoms in total. The second-order valence-electron chi connectivity index (χ2n) is 4.00. The monoisotopic (exact) mass is 268 g/mol. The summed E-state index contributed by atoms with van der Waals surface area (Å²) in [5, 5.41) is 9.12. The standard InChI is InChI=1S/C12H13BrO2/c13-11-7-2-1-4-9(11)8-5-3-6-10(8)12(14)15/h1-2,4,7-8,10H,3,5-6H2,(H,14,15). The SMILES string of the molecule is O=C(O)C1CCCC1c1ccccc1Br. The molecule has 1 saturated carbocycles. The average molecular weight is 269 g/mol. The molecule has 80 valence electrons. The highest BCUT2D eigenvalue weighted by molar-refractivity contribution is 9.10. The van der Waals surface area contributed by atoms with Crippen LogP contribution in [-0.2, 0) is 4.79 Å². The molecule has 0 aromatic heterocycles. The smallest absolute Gasteiger partial charge is 0.307 e. The molecule has 1 aliphatic carbocycles. The zero-order valence-corrected chi connectivity index (χ0v) is 9.90. The Hall–Kier alpha value is -0.830. The Morgan fingerprint density at radius 3 is 2.73 bits per heavy atom. The number of carboxylic acid groups (broad SMARTS) is 1. The number of carboxylic acids is 1. The summed E-state index contributed by atoms with van der Waals surface area (Å²) < 4.78 is 1.03. The van der Waals surface area contributed by atoms with Crippen molar-refractivity contribution in [2.24, 2.45) is 5.92 Å². The third-order valence-corrected chi connectivity index (χ3v) is 3.86. The Balaban J connectivity index is 2.30. The van der Waals surface area contributed by atoms with Gasteiger partial charge >= 0.3 is 5.97 Å². The summed E-state index contributed by atoms with van der Waals surface area (Å²) in [4.78, 5) is 11.1. The first-order chi connectivity index (χ1) is 7.20. The average Bonchev–Trinajstić information content (AvgIpc) is 2.67. The molecular weight excluding hydrogens is 256 g/mol. The predicted octanol–water partition coefficient (Wildman–Crippen LogP) is 3.42. The van der Waals surface area contributed by atoms with E-state index < -0.39 is 5.97 Å². The molecule has 15 heavy (non-hydrogen) atoms. The predicted molar refractivity (Wildman–Crippen MR) is 61.9 cm³/mol. The molecule has 1 aliphatic rings. The fraction of sp³-hybridized carbons (Fsp3) is 0.417. The topological polar surface area (TPSA) is 37.3 Å². The summed E-state index contributed by atoms with van der Waals surface area (Å²) in [5.41, 5.74) is 1.14. The van der Waals surface area contributed by atoms with Crippen LogP contribution in [0.5, 0.6) is 0 Å². The van der Waals surface area contributed by atoms with Gasteiger partial charge in [0.25, 0.3) is 0 Å². The lowest BCUT2D eigenvalue weighted by Crippen LogP contribution is -2.17. The van der Waals surface area contributed by atoms with E-state index in [0.717, 1.165) is 29.3 Å². The van der Waals surface area contributed by atoms with E-state index in [4.69, 9.17) is 5.11 Å². The quantitative estimate of drug-likeness (QED) is 0.893. The van der Waals surface area contributed by atoms with Crippen LogP contribution in [0.25, 0.3) is 0 Å². The maximum Gasteiger partial charge on any atom is 0.307 e. The van der Waals surface area contributed by atoms with E-state index in [2.05, 4.69) is 15.9 Å². The number of hydrogen-bond donors (Lipinski definition) is 1. The second-order valence-corrected chi connectivity index (χ2v) is 4.86. The fourth-order valence-corrected chi connectivity index (χ4v) is 2.98. The molecule has 0 radical (unpaired) electrons. The number of rotatable bonds is 2. The van der Waals surface area contributed by atoms with Crippen molar-refractivity contribution < 1.29 is 9.90 Å². The van der Waals surface area contributed by atoms with Gasteiger partial charge in [-0.3, -0.25) is 4.79 Å². The van der Waals surface area contributed by atoms with Crippen molar-refractivity contribution in [2.45, 2.75) is 25.2 Å². The van der Waals surface area contributed by atoms with Gasteiger partial charge in [-0.1, -0.05) is 40.5 Å². The van der Waals surface area contributed by atoms with Crippen molar-refractivity contribution in [3.05, 3.63) is 34.3 Å². The van der Waals surface area contributed by atoms with Gasteiger partial charge in [0.2, 0.25) is 0 Å². The van der Waals surface area contributed by atoms with Crippen molar-refractivity contribution in [1.29, 1.82) is 0 Å². The largest absolute Gasteiger partial charge is 0.481 e. The number of hydrogen-bond acceptors (Lipinski definition) is 1. The molecule has 0 bridgehead atoms. The maximum atomic E-state index is 11.1. The number of benzene rings is 1. The molecular formula is C12H13BrO2. The lowest BCUT2D eigenvalue weighted by atomic mass is 9.89. The third kappa shape index (κ3) is 2.07. The molecule has 2 unspecified atom stereocenters. The minimum absolute atomic E-state index is 0.179. The Morgan fingerprint density at radius 1 is 1.33 bits per heavy atom. The lowest BCUT2D eigenvalue weighted by molar-refractivity contribution is -0.142. The Labute approximate surface area is 97.4 Å². The molecule has 2 atom stereocenters. The summed E-state index contributed by atoms with van der Waals surface area (Å²) in [6.07, 6.45) is 2.81. The van der Waals surface area contributed by atoms with E-state index in [0.29, 0.717) is 0 Å². The maximum absolute atomic E-state index is 11.1. The molecule has 1 aromatic rings. The van der Waals surface area contributed by atoms with Crippen molar-refractivity contribution in [2.75, 3.05) is 0 Å². The van der Waals surface area contributed by atoms with Crippen molar-refractivity contribution in [1.82, 2.24) is 0 Å². The summed E-state index contributed by atoms with van der Waals surface area (Å²) in [5.74, 6) is -0.685. The van der Waals surface area contributed by atoms with Gasteiger partial charge in [0.1, 0.15) is 0 Å². The fourth-order valence-electron chi connectivity index (χ4n) is 2.40. The third-order valence-electron chi connectivity index (χ3n) is 3.14. The summed E-state index contributed by atoms with van der Waals surface area (Å²) in [6, 6.07) is 7.93. The molecule has 2 rings (SSSR count). The van der Waals surface area contributed by atoms with Crippen molar-refractivity contribution >= 4 is 21.9 Å². The zero-order valence-electron chi connectivity index (χ0n) is 8.32. The van der Waals surface area contributed by atoms with Gasteiger partial charge in [-0.05, 0) is 30.4 Å². The van der Waals surface area contributed by atoms with Crippen LogP contribution < -0.4 is 0 Å². The molecule has 1 fully saturated rings. The van der Waals surface area contributed by atoms with Crippen LogP contribution >= 0.6 is 15.9 Å². The van der Waals surface area contributed by atoms with Crippen LogP contribution in [0.3, 0.4) is 0 Å². The van der Waals surface area contributed by atoms with Gasteiger partial charge in [-0.2, -0.15) is 0 Å². The molecule has 0 amide bonds. The molecule has 0 heterocycles. The minimum atomic E-state index is -0.659. The highest BCUT2D eigenvalue weighted by Gasteiger charge is 2.34. The Bertz CT molecular complexity index is 376. The van der Waals surface area contributed by atoms with Gasteiger partial charge in [0, 0.05) is 4.47 Å². The van der Waals surface area contributed by atoms with Crippen LogP contribution in [0.15, 0.2) is 28.7 Å². The molecule has 0 saturated heterocycles. The van der Waals surface area contributed by atoms with E-state index in [9.17, 15) is 4.79 Å². The summed E-state index contributed by atoms with van der Waals surface area (Å²) >= 11 is 3.49. The van der Waals surface area contributed by atoms with Crippen LogP contribution in [0.1, 0.15) is 30.7 Å². The van der Waals surface area contributed by atoms with E-state index in [1.165, 1.54) is 0 Å². The normalized spacial score (nSPS) is 25.4. The van der Waals surface area contributed by atoms with E-state index in [1.54, 1.807) is 0 Å². The molecule has 0 spiro atoms. The molecule has 0 aliphatic heterocycles. The molecule has 1 N–H and O–H groups in total. The van der Waals surface area contributed by atoms with E-state index in [-0.39, 0.29) is 11.8 Å². The minimum Gasteiger partial charge on any atom is -0.481 e. The first-order valence-electron chi connectivity index (χ1n) is 5.17. The summed E-state index contributed by atoms with van der Waals surface area (Å²) in [6.45, 7) is 0. The number of aliphatic carboxylic acids is 1. The second kappa shape index (κ2) is 4.35. The van der Waals surface area contributed by atoms with Crippen LogP contribution in [0.4, 0.5) is 0 Å². The Morgan fingerprint density at radius 2 is 2.07 bits per heavy atom. The van der Waals surface area contributed by atoms with E-state index in [1.807, 2.05) is 24.3 Å². The van der Waals surface area contributed by atoms with E-state index >= 15 is 0 Å². The first kappa shape index (κ1) is 10.7. The lowest BCUT2D eigenvalue weighted by Gasteiger charge is -2.17. The molecule has 1 aromatic carbocycles. The van der Waals surface area contributed by atoms with Crippen molar-refractivity contribution in [3.8, 4) is 0 Å². The summed E-state index contributed by atoms with van der Waals surface area (Å²) in [7, 11) is 0. The van der Waals surface area contributed by atoms with Crippen LogP contribution in [0, 0.1) is 5.92 Å². The van der Waals surface area contributed by atoms with Gasteiger partial charge in [0.15, 0.2) is 0 Å². The van der Waals surface area contributed by atoms with Gasteiger partial charge in [-0.25, -0.2) is 0 Å². The van der Waals surface area contributed by atoms with Crippen LogP contribution in [0.2, 0.25) is 0 Å². The highest BCUT2D eigenvalue weighted by atomic mass is 79.9. The van der Waals surface area contributed by atoms with Gasteiger partial charge < -0.3 is 5.11 Å². The number of halogens is 1. The Kier molecular flexibility index (Phi) is 3.10. The van der Waals surface area contributed by atoms with Crippen LogP contribution in [-0.4, -0.2) is 11.1 Å². The highest BCUT2D eigenvalue weighted by Crippen LogP contribution is 2.42. The van der Waals surface area contributed by atoms with Crippen molar-refractivity contribution in [3.63, 3.8) is 0 Å². The van der Waals surface area contributed by atoms with Gasteiger partial charge in [-0.15, -0.1) is 0 Å². The van der Waals surface area contributed by atoms with Gasteiger partial charge in [0.05, 0.1) is 5.92 Å².